The normalized spacial score (nSPS) is 16.0. The summed E-state index contributed by atoms with van der Waals surface area (Å²) >= 11 is 11.3. The van der Waals surface area contributed by atoms with E-state index in [4.69, 9.17) is 21.3 Å². The molecule has 5 aromatic rings. The maximum absolute atomic E-state index is 14.1. The van der Waals surface area contributed by atoms with E-state index >= 15 is 0 Å². The van der Waals surface area contributed by atoms with E-state index in [-0.39, 0.29) is 11.6 Å². The second-order valence-electron chi connectivity index (χ2n) is 10.1. The Balaban J connectivity index is 1.36. The van der Waals surface area contributed by atoms with E-state index in [1.165, 1.54) is 22.5 Å². The van der Waals surface area contributed by atoms with Gasteiger partial charge in [0.2, 0.25) is 0 Å². The average Bonchev–Trinajstić information content (AvgIpc) is 3.31. The van der Waals surface area contributed by atoms with Gasteiger partial charge in [-0.15, -0.1) is 0 Å². The molecule has 1 atom stereocenters. The standard InChI is InChI=1S/C34H24BrClN2O2S/c35-25-16-13-22(14-17-25)32-27-18-15-21-7-1-4-10-26(21)31(27)37-34-38(32)33(39)30(41-34)19-23-8-3-6-12-29(23)40-20-24-9-2-5-11-28(24)36/h1-14,16-17,19,32H,15,18,20H2/b30-19-/t32-/m1/s1. The van der Waals surface area contributed by atoms with Crippen molar-refractivity contribution in [2.45, 2.75) is 25.5 Å². The van der Waals surface area contributed by atoms with Crippen LogP contribution in [-0.4, -0.2) is 4.57 Å². The number of allylic oxidation sites excluding steroid dienone is 1. The topological polar surface area (TPSA) is 43.6 Å². The molecule has 202 valence electrons. The maximum Gasteiger partial charge on any atom is 0.271 e. The summed E-state index contributed by atoms with van der Waals surface area (Å²) in [6.07, 6.45) is 3.71. The first-order chi connectivity index (χ1) is 20.1. The van der Waals surface area contributed by atoms with Crippen molar-refractivity contribution in [1.29, 1.82) is 0 Å². The van der Waals surface area contributed by atoms with Crippen LogP contribution in [-0.2, 0) is 13.0 Å². The second-order valence-corrected chi connectivity index (χ2v) is 12.4. The van der Waals surface area contributed by atoms with Gasteiger partial charge in [-0.25, -0.2) is 4.99 Å². The Morgan fingerprint density at radius 1 is 0.951 bits per heavy atom. The van der Waals surface area contributed by atoms with Crippen molar-refractivity contribution < 1.29 is 4.74 Å². The first kappa shape index (κ1) is 26.2. The molecule has 0 N–H and O–H groups in total. The molecule has 0 amide bonds. The number of fused-ring (bicyclic) bond motifs is 3. The van der Waals surface area contributed by atoms with Crippen LogP contribution >= 0.6 is 38.9 Å². The van der Waals surface area contributed by atoms with E-state index in [0.29, 0.717) is 26.7 Å². The number of hydrogen-bond donors (Lipinski definition) is 0. The molecule has 0 spiro atoms. The lowest BCUT2D eigenvalue weighted by Gasteiger charge is -2.30. The van der Waals surface area contributed by atoms with Crippen LogP contribution in [0, 0.1) is 0 Å². The van der Waals surface area contributed by atoms with E-state index in [1.54, 1.807) is 0 Å². The summed E-state index contributed by atoms with van der Waals surface area (Å²) in [7, 11) is 0. The quantitative estimate of drug-likeness (QED) is 0.202. The van der Waals surface area contributed by atoms with Gasteiger partial charge >= 0.3 is 0 Å². The number of nitrogens with zero attached hydrogens (tertiary/aromatic N) is 2. The summed E-state index contributed by atoms with van der Waals surface area (Å²) in [6, 6.07) is 31.9. The fourth-order valence-corrected chi connectivity index (χ4v) is 7.06. The van der Waals surface area contributed by atoms with Crippen molar-refractivity contribution in [2.24, 2.45) is 4.99 Å². The number of aryl methyl sites for hydroxylation is 1. The van der Waals surface area contributed by atoms with Gasteiger partial charge in [0.25, 0.3) is 5.56 Å². The van der Waals surface area contributed by atoms with E-state index in [2.05, 4.69) is 52.3 Å². The predicted octanol–water partition coefficient (Wildman–Crippen LogP) is 7.31. The number of rotatable bonds is 5. The summed E-state index contributed by atoms with van der Waals surface area (Å²) in [6.45, 7) is 0.335. The summed E-state index contributed by atoms with van der Waals surface area (Å²) in [5, 5.41) is 0.664. The minimum absolute atomic E-state index is 0.0482. The zero-order valence-corrected chi connectivity index (χ0v) is 25.0. The van der Waals surface area contributed by atoms with Gasteiger partial charge < -0.3 is 4.74 Å². The van der Waals surface area contributed by atoms with Crippen molar-refractivity contribution in [1.82, 2.24) is 4.57 Å². The summed E-state index contributed by atoms with van der Waals surface area (Å²) in [5.41, 5.74) is 7.41. The molecule has 0 radical (unpaired) electrons. The number of hydrogen-bond acceptors (Lipinski definition) is 4. The monoisotopic (exact) mass is 638 g/mol. The molecule has 7 heteroatoms. The van der Waals surface area contributed by atoms with Crippen LogP contribution in [0.2, 0.25) is 5.02 Å². The molecular formula is C34H24BrClN2O2S. The third-order valence-electron chi connectivity index (χ3n) is 7.61. The lowest BCUT2D eigenvalue weighted by Crippen LogP contribution is -2.38. The maximum atomic E-state index is 14.1. The van der Waals surface area contributed by atoms with Crippen molar-refractivity contribution in [3.63, 3.8) is 0 Å². The Morgan fingerprint density at radius 2 is 1.71 bits per heavy atom. The highest BCUT2D eigenvalue weighted by molar-refractivity contribution is 9.10. The van der Waals surface area contributed by atoms with Crippen LogP contribution in [0.25, 0.3) is 11.8 Å². The Hall–Kier alpha value is -3.71. The molecule has 2 heterocycles. The number of thiazole rings is 1. The van der Waals surface area contributed by atoms with Crippen LogP contribution in [0.1, 0.15) is 40.3 Å². The molecule has 0 fully saturated rings. The van der Waals surface area contributed by atoms with E-state index in [1.807, 2.05) is 71.3 Å². The van der Waals surface area contributed by atoms with Gasteiger partial charge in [-0.05, 0) is 59.9 Å². The van der Waals surface area contributed by atoms with Crippen LogP contribution in [0.3, 0.4) is 0 Å². The predicted molar refractivity (Wildman–Crippen MR) is 169 cm³/mol. The summed E-state index contributed by atoms with van der Waals surface area (Å²) in [4.78, 5) is 19.9. The first-order valence-corrected chi connectivity index (χ1v) is 15.4. The summed E-state index contributed by atoms with van der Waals surface area (Å²) in [5.74, 6) is 0.691. The van der Waals surface area contributed by atoms with E-state index < -0.39 is 0 Å². The Bertz CT molecular complexity index is 2010. The van der Waals surface area contributed by atoms with Crippen molar-refractivity contribution in [3.8, 4) is 5.75 Å². The Labute approximate surface area is 254 Å². The number of aromatic nitrogens is 1. The summed E-state index contributed by atoms with van der Waals surface area (Å²) < 4.78 is 9.68. The highest BCUT2D eigenvalue weighted by Crippen LogP contribution is 2.41. The molecule has 0 bridgehead atoms. The molecule has 1 aliphatic carbocycles. The Morgan fingerprint density at radius 3 is 2.56 bits per heavy atom. The molecule has 0 unspecified atom stereocenters. The number of para-hydroxylation sites is 1. The van der Waals surface area contributed by atoms with Gasteiger partial charge in [0.1, 0.15) is 12.4 Å². The van der Waals surface area contributed by atoms with Crippen LogP contribution in [0.5, 0.6) is 5.75 Å². The van der Waals surface area contributed by atoms with Crippen molar-refractivity contribution in [3.05, 3.63) is 160 Å². The SMILES string of the molecule is O=c1/c(=C/c2ccccc2OCc2ccccc2Cl)sc2n1[C@H](c1ccc(Br)cc1)C1=C(N=2)c2ccccc2CC1. The van der Waals surface area contributed by atoms with Gasteiger partial charge in [0.15, 0.2) is 4.80 Å². The number of ether oxygens (including phenoxy) is 1. The fraction of sp³-hybridized carbons (Fsp3) is 0.118. The largest absolute Gasteiger partial charge is 0.488 e. The molecule has 0 saturated carbocycles. The van der Waals surface area contributed by atoms with Crippen molar-refractivity contribution >= 4 is 50.6 Å². The van der Waals surface area contributed by atoms with Gasteiger partial charge in [-0.1, -0.05) is 112 Å². The molecular weight excluding hydrogens is 616 g/mol. The smallest absolute Gasteiger partial charge is 0.271 e. The average molecular weight is 640 g/mol. The minimum Gasteiger partial charge on any atom is -0.488 e. The lowest BCUT2D eigenvalue weighted by molar-refractivity contribution is 0.305. The molecule has 4 aromatic carbocycles. The fourth-order valence-electron chi connectivity index (χ4n) is 5.61. The van der Waals surface area contributed by atoms with Crippen LogP contribution in [0.15, 0.2) is 117 Å². The molecule has 0 saturated heterocycles. The second kappa shape index (κ2) is 10.9. The highest BCUT2D eigenvalue weighted by atomic mass is 79.9. The third kappa shape index (κ3) is 4.90. The third-order valence-corrected chi connectivity index (χ3v) is 9.49. The number of benzene rings is 4. The molecule has 4 nitrogen and oxygen atoms in total. The number of halogens is 2. The van der Waals surface area contributed by atoms with Gasteiger partial charge in [0.05, 0.1) is 16.3 Å². The lowest BCUT2D eigenvalue weighted by atomic mass is 9.83. The Kier molecular flexibility index (Phi) is 6.99. The molecule has 1 aromatic heterocycles. The first-order valence-electron chi connectivity index (χ1n) is 13.4. The van der Waals surface area contributed by atoms with E-state index in [0.717, 1.165) is 45.3 Å². The van der Waals surface area contributed by atoms with Gasteiger partial charge in [0, 0.05) is 26.2 Å². The van der Waals surface area contributed by atoms with E-state index in [9.17, 15) is 4.79 Å². The molecule has 2 aliphatic rings. The van der Waals surface area contributed by atoms with Crippen LogP contribution in [0.4, 0.5) is 0 Å². The minimum atomic E-state index is -0.212. The van der Waals surface area contributed by atoms with Crippen molar-refractivity contribution in [2.75, 3.05) is 0 Å². The van der Waals surface area contributed by atoms with Gasteiger partial charge in [-0.2, -0.15) is 0 Å². The van der Waals surface area contributed by atoms with Gasteiger partial charge in [-0.3, -0.25) is 9.36 Å². The highest BCUT2D eigenvalue weighted by Gasteiger charge is 2.32. The molecule has 7 rings (SSSR count). The molecule has 1 aliphatic heterocycles. The zero-order chi connectivity index (χ0) is 27.9. The molecule has 41 heavy (non-hydrogen) atoms. The zero-order valence-electron chi connectivity index (χ0n) is 21.9. The van der Waals surface area contributed by atoms with Crippen LogP contribution < -0.4 is 19.6 Å².